The summed E-state index contributed by atoms with van der Waals surface area (Å²) in [5, 5.41) is 0.354. The first-order valence-electron chi connectivity index (χ1n) is 2.51. The van der Waals surface area contributed by atoms with Gasteiger partial charge < -0.3 is 0 Å². The number of hydrogen-bond donors (Lipinski definition) is 0. The van der Waals surface area contributed by atoms with Gasteiger partial charge in [-0.2, -0.15) is 0 Å². The molecule has 44 valence electrons. The third kappa shape index (κ3) is 1.10. The normalized spacial score (nSPS) is 19.8. The Labute approximate surface area is 52.6 Å². The van der Waals surface area contributed by atoms with E-state index in [2.05, 4.69) is 0 Å². The van der Waals surface area contributed by atoms with Crippen LogP contribution < -0.4 is 0 Å². The lowest BCUT2D eigenvalue weighted by Gasteiger charge is -2.00. The molecule has 1 aliphatic carbocycles. The Morgan fingerprint density at radius 1 is 1.62 bits per heavy atom. The molecule has 1 aliphatic rings. The van der Waals surface area contributed by atoms with Gasteiger partial charge in [0.25, 0.3) is 0 Å². The molecule has 0 N–H and O–H groups in total. The Kier molecular flexibility index (Phi) is 1.69. The molecule has 0 aromatic carbocycles. The molecule has 0 unspecified atom stereocenters. The van der Waals surface area contributed by atoms with Crippen LogP contribution in [0.1, 0.15) is 12.8 Å². The summed E-state index contributed by atoms with van der Waals surface area (Å²) in [4.78, 5) is 0. The third-order valence-electron chi connectivity index (χ3n) is 1.05. The van der Waals surface area contributed by atoms with Gasteiger partial charge in [-0.15, -0.1) is 0 Å². The van der Waals surface area contributed by atoms with Crippen molar-refractivity contribution in [3.05, 3.63) is 23.0 Å². The zero-order chi connectivity index (χ0) is 5.98. The van der Waals surface area contributed by atoms with Gasteiger partial charge in [0.1, 0.15) is 5.83 Å². The Bertz CT molecular complexity index is 147. The lowest BCUT2D eigenvalue weighted by Crippen LogP contribution is -1.82. The summed E-state index contributed by atoms with van der Waals surface area (Å²) in [5.74, 6) is -0.280. The molecule has 0 amide bonds. The molecule has 0 saturated carbocycles. The summed E-state index contributed by atoms with van der Waals surface area (Å²) in [7, 11) is 0. The van der Waals surface area contributed by atoms with E-state index in [0.717, 1.165) is 6.42 Å². The Hall–Kier alpha value is -0.300. The summed E-state index contributed by atoms with van der Waals surface area (Å²) in [6.45, 7) is 0. The van der Waals surface area contributed by atoms with Crippen LogP contribution in [0.4, 0.5) is 4.39 Å². The molecule has 0 aromatic heterocycles. The summed E-state index contributed by atoms with van der Waals surface area (Å²) in [5.41, 5.74) is 0. The quantitative estimate of drug-likeness (QED) is 0.476. The van der Waals surface area contributed by atoms with Gasteiger partial charge in [-0.05, 0) is 18.9 Å². The molecule has 0 fully saturated rings. The fraction of sp³-hybridized carbons (Fsp3) is 0.333. The van der Waals surface area contributed by atoms with Gasteiger partial charge in [0.05, 0.1) is 5.03 Å². The minimum atomic E-state index is -0.280. The van der Waals surface area contributed by atoms with E-state index in [1.807, 2.05) is 0 Å². The van der Waals surface area contributed by atoms with E-state index in [9.17, 15) is 4.39 Å². The van der Waals surface area contributed by atoms with Crippen LogP contribution in [0.2, 0.25) is 0 Å². The summed E-state index contributed by atoms with van der Waals surface area (Å²) in [6.07, 6.45) is 4.71. The van der Waals surface area contributed by atoms with E-state index in [1.54, 1.807) is 6.08 Å². The second kappa shape index (κ2) is 2.31. The molecule has 0 aromatic rings. The maximum atomic E-state index is 12.2. The number of halogens is 2. The van der Waals surface area contributed by atoms with Crippen LogP contribution in [-0.2, 0) is 0 Å². The van der Waals surface area contributed by atoms with Crippen molar-refractivity contribution in [1.29, 1.82) is 0 Å². The summed E-state index contributed by atoms with van der Waals surface area (Å²) in [6, 6.07) is 0. The summed E-state index contributed by atoms with van der Waals surface area (Å²) < 4.78 is 12.2. The highest BCUT2D eigenvalue weighted by atomic mass is 35.5. The monoisotopic (exact) mass is 132 g/mol. The molecule has 1 rings (SSSR count). The van der Waals surface area contributed by atoms with Gasteiger partial charge in [-0.1, -0.05) is 17.7 Å². The first kappa shape index (κ1) is 5.83. The average molecular weight is 133 g/mol. The van der Waals surface area contributed by atoms with Crippen molar-refractivity contribution < 1.29 is 4.39 Å². The van der Waals surface area contributed by atoms with Crippen molar-refractivity contribution >= 4 is 11.6 Å². The SMILES string of the molecule is FC1=C(Cl)CCC=C1. The fourth-order valence-electron chi connectivity index (χ4n) is 0.607. The average Bonchev–Trinajstić information content (AvgIpc) is 1.77. The van der Waals surface area contributed by atoms with E-state index in [-0.39, 0.29) is 5.83 Å². The van der Waals surface area contributed by atoms with Crippen molar-refractivity contribution in [2.24, 2.45) is 0 Å². The molecule has 0 heterocycles. The molecule has 0 radical (unpaired) electrons. The van der Waals surface area contributed by atoms with Gasteiger partial charge in [0, 0.05) is 0 Å². The van der Waals surface area contributed by atoms with Gasteiger partial charge in [0.15, 0.2) is 0 Å². The fourth-order valence-corrected chi connectivity index (χ4v) is 0.779. The van der Waals surface area contributed by atoms with Crippen LogP contribution in [0.15, 0.2) is 23.0 Å². The van der Waals surface area contributed by atoms with Crippen LogP contribution in [0, 0.1) is 0 Å². The zero-order valence-corrected chi connectivity index (χ0v) is 5.08. The largest absolute Gasteiger partial charge is 0.206 e. The third-order valence-corrected chi connectivity index (χ3v) is 1.42. The maximum Gasteiger partial charge on any atom is 0.137 e. The van der Waals surface area contributed by atoms with Crippen molar-refractivity contribution in [3.8, 4) is 0 Å². The standard InChI is InChI=1S/C6H6ClF/c7-5-3-1-2-4-6(5)8/h2,4H,1,3H2. The highest BCUT2D eigenvalue weighted by Gasteiger charge is 2.02. The van der Waals surface area contributed by atoms with E-state index >= 15 is 0 Å². The van der Waals surface area contributed by atoms with E-state index in [4.69, 9.17) is 11.6 Å². The minimum absolute atomic E-state index is 0.280. The molecule has 8 heavy (non-hydrogen) atoms. The first-order valence-corrected chi connectivity index (χ1v) is 2.89. The van der Waals surface area contributed by atoms with Crippen LogP contribution >= 0.6 is 11.6 Å². The van der Waals surface area contributed by atoms with Crippen molar-refractivity contribution in [2.75, 3.05) is 0 Å². The molecule has 0 saturated heterocycles. The Morgan fingerprint density at radius 2 is 2.38 bits per heavy atom. The van der Waals surface area contributed by atoms with Crippen LogP contribution in [0.3, 0.4) is 0 Å². The molecule has 0 aliphatic heterocycles. The molecular weight excluding hydrogens is 127 g/mol. The van der Waals surface area contributed by atoms with E-state index in [0.29, 0.717) is 11.5 Å². The van der Waals surface area contributed by atoms with Gasteiger partial charge in [0.2, 0.25) is 0 Å². The van der Waals surface area contributed by atoms with Gasteiger partial charge >= 0.3 is 0 Å². The molecular formula is C6H6ClF. The predicted octanol–water partition coefficient (Wildman–Crippen LogP) is 2.76. The minimum Gasteiger partial charge on any atom is -0.206 e. The first-order chi connectivity index (χ1) is 3.80. The molecule has 2 heteroatoms. The van der Waals surface area contributed by atoms with Gasteiger partial charge in [-0.3, -0.25) is 0 Å². The molecule has 0 nitrogen and oxygen atoms in total. The topological polar surface area (TPSA) is 0 Å². The Morgan fingerprint density at radius 3 is 2.75 bits per heavy atom. The molecule has 0 bridgehead atoms. The van der Waals surface area contributed by atoms with Crippen molar-refractivity contribution in [1.82, 2.24) is 0 Å². The number of rotatable bonds is 0. The van der Waals surface area contributed by atoms with E-state index in [1.165, 1.54) is 6.08 Å². The molecule has 0 atom stereocenters. The maximum absolute atomic E-state index is 12.2. The highest BCUT2D eigenvalue weighted by Crippen LogP contribution is 2.22. The summed E-state index contributed by atoms with van der Waals surface area (Å²) >= 11 is 5.42. The second-order valence-electron chi connectivity index (χ2n) is 1.69. The van der Waals surface area contributed by atoms with Crippen LogP contribution in [0.25, 0.3) is 0 Å². The lowest BCUT2D eigenvalue weighted by atomic mass is 10.2. The number of hydrogen-bond acceptors (Lipinski definition) is 0. The smallest absolute Gasteiger partial charge is 0.137 e. The second-order valence-corrected chi connectivity index (χ2v) is 2.15. The van der Waals surface area contributed by atoms with Crippen LogP contribution in [-0.4, -0.2) is 0 Å². The predicted molar refractivity (Wildman–Crippen MR) is 32.4 cm³/mol. The highest BCUT2D eigenvalue weighted by molar-refractivity contribution is 6.30. The van der Waals surface area contributed by atoms with Gasteiger partial charge in [-0.25, -0.2) is 4.39 Å². The lowest BCUT2D eigenvalue weighted by molar-refractivity contribution is 0.648. The molecule has 0 spiro atoms. The zero-order valence-electron chi connectivity index (χ0n) is 4.32. The number of allylic oxidation sites excluding steroid dienone is 4. The Balaban J connectivity index is 2.76. The van der Waals surface area contributed by atoms with E-state index < -0.39 is 0 Å². The van der Waals surface area contributed by atoms with Crippen LogP contribution in [0.5, 0.6) is 0 Å². The van der Waals surface area contributed by atoms with Crippen molar-refractivity contribution in [2.45, 2.75) is 12.8 Å². The van der Waals surface area contributed by atoms with Crippen molar-refractivity contribution in [3.63, 3.8) is 0 Å².